The van der Waals surface area contributed by atoms with E-state index in [1.54, 1.807) is 6.07 Å². The number of hydrogen-bond acceptors (Lipinski definition) is 3. The van der Waals surface area contributed by atoms with Gasteiger partial charge in [0.1, 0.15) is 22.9 Å². The first-order valence-corrected chi connectivity index (χ1v) is 4.97. The van der Waals surface area contributed by atoms with Crippen LogP contribution in [0.15, 0.2) is 30.6 Å². The topological polar surface area (TPSA) is 63.1 Å². The summed E-state index contributed by atoms with van der Waals surface area (Å²) in [4.78, 5) is 18.4. The van der Waals surface area contributed by atoms with Crippen LogP contribution in [-0.2, 0) is 0 Å². The maximum absolute atomic E-state index is 13.6. The number of carboxylic acids is 1. The monoisotopic (exact) mass is 252 g/mol. The van der Waals surface area contributed by atoms with Gasteiger partial charge >= 0.3 is 5.97 Å². The number of rotatable bonds is 2. The molecule has 4 nitrogen and oxygen atoms in total. The lowest BCUT2D eigenvalue weighted by Crippen LogP contribution is -2.05. The van der Waals surface area contributed by atoms with Gasteiger partial charge in [-0.15, -0.1) is 0 Å². The van der Waals surface area contributed by atoms with E-state index in [9.17, 15) is 9.18 Å². The fourth-order valence-corrected chi connectivity index (χ4v) is 1.63. The number of aromatic carboxylic acids is 1. The summed E-state index contributed by atoms with van der Waals surface area (Å²) >= 11 is 5.67. The minimum absolute atomic E-state index is 0.0319. The Kier molecular flexibility index (Phi) is 3.01. The predicted octanol–water partition coefficient (Wildman–Crippen LogP) is 2.63. The second-order valence-corrected chi connectivity index (χ2v) is 3.53. The Labute approximate surface area is 101 Å². The van der Waals surface area contributed by atoms with E-state index in [1.165, 1.54) is 18.2 Å². The molecular formula is C11H6ClFN2O2. The summed E-state index contributed by atoms with van der Waals surface area (Å²) in [6.07, 6.45) is 1.09. The van der Waals surface area contributed by atoms with Crippen LogP contribution in [0, 0.1) is 5.82 Å². The molecular weight excluding hydrogens is 247 g/mol. The molecule has 0 atom stereocenters. The van der Waals surface area contributed by atoms with Crippen molar-refractivity contribution in [3.63, 3.8) is 0 Å². The molecule has 2 aromatic rings. The van der Waals surface area contributed by atoms with E-state index < -0.39 is 11.8 Å². The van der Waals surface area contributed by atoms with E-state index in [-0.39, 0.29) is 22.0 Å². The Morgan fingerprint density at radius 1 is 1.29 bits per heavy atom. The van der Waals surface area contributed by atoms with E-state index in [1.807, 2.05) is 0 Å². The first-order valence-electron chi connectivity index (χ1n) is 4.60. The summed E-state index contributed by atoms with van der Waals surface area (Å²) in [6, 6.07) is 5.74. The highest BCUT2D eigenvalue weighted by molar-refractivity contribution is 6.32. The van der Waals surface area contributed by atoms with E-state index in [2.05, 4.69) is 9.97 Å². The first-order chi connectivity index (χ1) is 8.11. The molecule has 1 heterocycles. The molecule has 0 saturated carbocycles. The Bertz CT molecular complexity index is 589. The van der Waals surface area contributed by atoms with Crippen LogP contribution in [-0.4, -0.2) is 21.0 Å². The van der Waals surface area contributed by atoms with Crippen molar-refractivity contribution in [3.05, 3.63) is 47.1 Å². The molecule has 0 aliphatic carbocycles. The van der Waals surface area contributed by atoms with Gasteiger partial charge < -0.3 is 5.11 Å². The van der Waals surface area contributed by atoms with E-state index >= 15 is 0 Å². The van der Waals surface area contributed by atoms with E-state index in [4.69, 9.17) is 16.7 Å². The predicted molar refractivity (Wildman–Crippen MR) is 59.4 cm³/mol. The Hall–Kier alpha value is -2.01. The molecule has 0 unspecified atom stereocenters. The molecule has 0 fully saturated rings. The minimum atomic E-state index is -1.30. The number of hydrogen-bond donors (Lipinski definition) is 1. The number of carbonyl (C=O) groups is 1. The second kappa shape index (κ2) is 4.47. The average molecular weight is 253 g/mol. The maximum atomic E-state index is 13.6. The number of benzene rings is 1. The number of carboxylic acid groups (broad SMARTS) is 1. The van der Waals surface area contributed by atoms with Gasteiger partial charge in [0.2, 0.25) is 0 Å². The molecule has 0 amide bonds. The summed E-state index contributed by atoms with van der Waals surface area (Å²) in [5, 5.41) is 8.79. The van der Waals surface area contributed by atoms with Crippen molar-refractivity contribution in [2.45, 2.75) is 0 Å². The van der Waals surface area contributed by atoms with Crippen LogP contribution < -0.4 is 0 Å². The molecule has 0 aliphatic heterocycles. The summed E-state index contributed by atoms with van der Waals surface area (Å²) in [5.74, 6) is -1.86. The average Bonchev–Trinajstić information content (AvgIpc) is 2.28. The Morgan fingerprint density at radius 2 is 2.00 bits per heavy atom. The molecule has 2 rings (SSSR count). The van der Waals surface area contributed by atoms with Crippen LogP contribution in [0.4, 0.5) is 4.39 Å². The number of nitrogens with zero attached hydrogens (tertiary/aromatic N) is 2. The van der Waals surface area contributed by atoms with Gasteiger partial charge in [-0.3, -0.25) is 0 Å². The highest BCUT2D eigenvalue weighted by Gasteiger charge is 2.20. The fourth-order valence-electron chi connectivity index (χ4n) is 1.41. The third-order valence-electron chi connectivity index (χ3n) is 2.14. The van der Waals surface area contributed by atoms with E-state index in [0.29, 0.717) is 0 Å². The lowest BCUT2D eigenvalue weighted by molar-refractivity contribution is 0.0697. The van der Waals surface area contributed by atoms with Crippen molar-refractivity contribution < 1.29 is 14.3 Å². The van der Waals surface area contributed by atoms with Gasteiger partial charge in [0.15, 0.2) is 0 Å². The molecule has 0 radical (unpaired) electrons. The molecule has 0 spiro atoms. The smallest absolute Gasteiger partial charge is 0.341 e. The summed E-state index contributed by atoms with van der Waals surface area (Å²) in [5.41, 5.74) is -0.260. The van der Waals surface area contributed by atoms with Crippen LogP contribution >= 0.6 is 11.6 Å². The standard InChI is InChI=1S/C11H6ClFN2O2/c12-10-8(11(16)17)9(14-5-15-10)6-3-1-2-4-7(6)13/h1-5H,(H,16,17). The van der Waals surface area contributed by atoms with Gasteiger partial charge in [0.25, 0.3) is 0 Å². The zero-order valence-electron chi connectivity index (χ0n) is 8.39. The number of aromatic nitrogens is 2. The maximum Gasteiger partial charge on any atom is 0.341 e. The van der Waals surface area contributed by atoms with Crippen LogP contribution in [0.3, 0.4) is 0 Å². The number of halogens is 2. The molecule has 17 heavy (non-hydrogen) atoms. The molecule has 1 aromatic carbocycles. The lowest BCUT2D eigenvalue weighted by Gasteiger charge is -2.06. The molecule has 1 N–H and O–H groups in total. The lowest BCUT2D eigenvalue weighted by atomic mass is 10.1. The molecule has 0 aliphatic rings. The van der Waals surface area contributed by atoms with Gasteiger partial charge in [-0.05, 0) is 12.1 Å². The van der Waals surface area contributed by atoms with Gasteiger partial charge in [-0.1, -0.05) is 23.7 Å². The van der Waals surface area contributed by atoms with Crippen molar-refractivity contribution in [1.82, 2.24) is 9.97 Å². The normalized spacial score (nSPS) is 10.2. The van der Waals surface area contributed by atoms with Crippen LogP contribution in [0.25, 0.3) is 11.3 Å². The first kappa shape index (κ1) is 11.5. The molecule has 6 heteroatoms. The Balaban J connectivity index is 2.72. The van der Waals surface area contributed by atoms with Crippen molar-refractivity contribution >= 4 is 17.6 Å². The quantitative estimate of drug-likeness (QED) is 0.835. The SMILES string of the molecule is O=C(O)c1c(Cl)ncnc1-c1ccccc1F. The van der Waals surface area contributed by atoms with Crippen molar-refractivity contribution in [2.75, 3.05) is 0 Å². The van der Waals surface area contributed by atoms with Crippen LogP contribution in [0.1, 0.15) is 10.4 Å². The van der Waals surface area contributed by atoms with Crippen LogP contribution in [0.5, 0.6) is 0 Å². The third kappa shape index (κ3) is 2.09. The Morgan fingerprint density at radius 3 is 2.65 bits per heavy atom. The van der Waals surface area contributed by atoms with Gasteiger partial charge in [-0.2, -0.15) is 0 Å². The fraction of sp³-hybridized carbons (Fsp3) is 0. The van der Waals surface area contributed by atoms with E-state index in [0.717, 1.165) is 6.33 Å². The molecule has 0 bridgehead atoms. The van der Waals surface area contributed by atoms with Crippen molar-refractivity contribution in [3.8, 4) is 11.3 Å². The third-order valence-corrected chi connectivity index (χ3v) is 2.43. The zero-order chi connectivity index (χ0) is 12.4. The minimum Gasteiger partial charge on any atom is -0.478 e. The van der Waals surface area contributed by atoms with Gasteiger partial charge in [0, 0.05) is 5.56 Å². The summed E-state index contributed by atoms with van der Waals surface area (Å²) in [6.45, 7) is 0. The largest absolute Gasteiger partial charge is 0.478 e. The van der Waals surface area contributed by atoms with Crippen molar-refractivity contribution in [2.24, 2.45) is 0 Å². The highest BCUT2D eigenvalue weighted by atomic mass is 35.5. The summed E-state index contributed by atoms with van der Waals surface area (Å²) in [7, 11) is 0. The van der Waals surface area contributed by atoms with Crippen LogP contribution in [0.2, 0.25) is 5.15 Å². The molecule has 0 saturated heterocycles. The summed E-state index contributed by atoms with van der Waals surface area (Å²) < 4.78 is 13.6. The zero-order valence-corrected chi connectivity index (χ0v) is 9.15. The van der Waals surface area contributed by atoms with Gasteiger partial charge in [0.05, 0.1) is 5.69 Å². The second-order valence-electron chi connectivity index (χ2n) is 3.17. The van der Waals surface area contributed by atoms with Gasteiger partial charge in [-0.25, -0.2) is 19.2 Å². The van der Waals surface area contributed by atoms with Crippen molar-refractivity contribution in [1.29, 1.82) is 0 Å². The molecule has 1 aromatic heterocycles. The molecule has 86 valence electrons. The highest BCUT2D eigenvalue weighted by Crippen LogP contribution is 2.27.